The summed E-state index contributed by atoms with van der Waals surface area (Å²) in [4.78, 5) is 14.9. The zero-order valence-corrected chi connectivity index (χ0v) is 12.1. The number of nitro groups is 1. The first-order valence-corrected chi connectivity index (χ1v) is 7.41. The highest BCUT2D eigenvalue weighted by Crippen LogP contribution is 2.49. The molecule has 0 bridgehead atoms. The number of non-ortho nitro benzene ring substituents is 1. The van der Waals surface area contributed by atoms with E-state index >= 15 is 0 Å². The molecule has 0 aliphatic heterocycles. The number of hydrogen-bond donors (Lipinski definition) is 1. The fourth-order valence-electron chi connectivity index (χ4n) is 2.96. The number of pyridine rings is 1. The van der Waals surface area contributed by atoms with Crippen LogP contribution in [0, 0.1) is 15.5 Å². The smallest absolute Gasteiger partial charge is 0.295 e. The number of fused-ring (bicyclic) bond motifs is 1. The predicted octanol–water partition coefficient (Wildman–Crippen LogP) is 4.14. The second-order valence-electron chi connectivity index (χ2n) is 5.89. The summed E-state index contributed by atoms with van der Waals surface area (Å²) >= 11 is 0. The number of nitrogens with zero attached hydrogens (tertiary/aromatic N) is 2. The van der Waals surface area contributed by atoms with Gasteiger partial charge >= 0.3 is 0 Å². The largest absolute Gasteiger partial charge is 0.384 e. The van der Waals surface area contributed by atoms with Crippen LogP contribution in [0.1, 0.15) is 32.6 Å². The molecule has 1 heterocycles. The van der Waals surface area contributed by atoms with Gasteiger partial charge < -0.3 is 5.32 Å². The highest BCUT2D eigenvalue weighted by Gasteiger charge is 2.41. The van der Waals surface area contributed by atoms with Crippen LogP contribution in [0.4, 0.5) is 11.4 Å². The number of aromatic nitrogens is 1. The lowest BCUT2D eigenvalue weighted by Crippen LogP contribution is -2.15. The average Bonchev–Trinajstić information content (AvgIpc) is 3.25. The third-order valence-corrected chi connectivity index (χ3v) is 4.34. The van der Waals surface area contributed by atoms with E-state index in [0.717, 1.165) is 17.6 Å². The summed E-state index contributed by atoms with van der Waals surface area (Å²) in [7, 11) is 0. The Kier molecular flexibility index (Phi) is 3.49. The van der Waals surface area contributed by atoms with Crippen molar-refractivity contribution < 1.29 is 4.92 Å². The van der Waals surface area contributed by atoms with Crippen LogP contribution in [0.5, 0.6) is 0 Å². The molecule has 0 unspecified atom stereocenters. The van der Waals surface area contributed by atoms with E-state index in [1.165, 1.54) is 31.7 Å². The molecular weight excluding hydrogens is 266 g/mol. The van der Waals surface area contributed by atoms with Crippen molar-refractivity contribution in [1.82, 2.24) is 4.98 Å². The van der Waals surface area contributed by atoms with Gasteiger partial charge in [-0.2, -0.15) is 0 Å². The minimum atomic E-state index is -0.376. The molecule has 1 aliphatic rings. The van der Waals surface area contributed by atoms with Gasteiger partial charge in [0.15, 0.2) is 0 Å². The molecule has 1 aromatic heterocycles. The summed E-state index contributed by atoms with van der Waals surface area (Å²) in [6.07, 6.45) is 6.58. The molecular formula is C16H19N3O2. The summed E-state index contributed by atoms with van der Waals surface area (Å²) in [6.45, 7) is 3.15. The van der Waals surface area contributed by atoms with E-state index in [1.807, 2.05) is 12.1 Å². The van der Waals surface area contributed by atoms with Crippen molar-refractivity contribution >= 4 is 22.3 Å². The Morgan fingerprint density at radius 1 is 1.38 bits per heavy atom. The van der Waals surface area contributed by atoms with Crippen LogP contribution in [0.25, 0.3) is 10.9 Å². The number of hydrogen-bond acceptors (Lipinski definition) is 4. The molecule has 5 heteroatoms. The molecule has 1 aromatic carbocycles. The van der Waals surface area contributed by atoms with Gasteiger partial charge in [-0.15, -0.1) is 0 Å². The highest BCUT2D eigenvalue weighted by molar-refractivity contribution is 5.96. The molecule has 2 aromatic rings. The fraction of sp³-hybridized carbons (Fsp3) is 0.438. The topological polar surface area (TPSA) is 68.1 Å². The Morgan fingerprint density at radius 3 is 2.86 bits per heavy atom. The maximum absolute atomic E-state index is 11.1. The van der Waals surface area contributed by atoms with Crippen molar-refractivity contribution in [3.05, 3.63) is 40.6 Å². The quantitative estimate of drug-likeness (QED) is 0.640. The second-order valence-corrected chi connectivity index (χ2v) is 5.89. The Bertz CT molecular complexity index is 680. The summed E-state index contributed by atoms with van der Waals surface area (Å²) in [6, 6.07) is 7.04. The van der Waals surface area contributed by atoms with E-state index in [4.69, 9.17) is 0 Å². The summed E-state index contributed by atoms with van der Waals surface area (Å²) < 4.78 is 0. The number of rotatable bonds is 6. The van der Waals surface area contributed by atoms with E-state index in [-0.39, 0.29) is 10.6 Å². The third-order valence-electron chi connectivity index (χ3n) is 4.34. The zero-order chi connectivity index (χ0) is 14.9. The van der Waals surface area contributed by atoms with E-state index in [2.05, 4.69) is 17.2 Å². The van der Waals surface area contributed by atoms with Crippen LogP contribution in [-0.4, -0.2) is 16.5 Å². The van der Waals surface area contributed by atoms with Crippen LogP contribution >= 0.6 is 0 Å². The van der Waals surface area contributed by atoms with E-state index < -0.39 is 0 Å². The zero-order valence-electron chi connectivity index (χ0n) is 12.1. The third kappa shape index (κ3) is 2.68. The molecule has 21 heavy (non-hydrogen) atoms. The van der Waals surface area contributed by atoms with Gasteiger partial charge in [0, 0.05) is 29.9 Å². The Labute approximate surface area is 123 Å². The van der Waals surface area contributed by atoms with Crippen LogP contribution in [0.2, 0.25) is 0 Å². The molecule has 3 rings (SSSR count). The van der Waals surface area contributed by atoms with Crippen molar-refractivity contribution in [3.8, 4) is 0 Å². The number of nitrogens with one attached hydrogen (secondary N) is 1. The van der Waals surface area contributed by atoms with Crippen molar-refractivity contribution in [2.24, 2.45) is 5.41 Å². The first-order valence-electron chi connectivity index (χ1n) is 7.41. The Hall–Kier alpha value is -2.17. The van der Waals surface area contributed by atoms with Gasteiger partial charge in [-0.25, -0.2) is 4.98 Å². The first kappa shape index (κ1) is 13.8. The van der Waals surface area contributed by atoms with Gasteiger partial charge in [0.2, 0.25) is 0 Å². The molecule has 1 aliphatic carbocycles. The van der Waals surface area contributed by atoms with Crippen molar-refractivity contribution in [3.63, 3.8) is 0 Å². The SMILES string of the molecule is CCCC1(CNc2ccc([N+](=O)[O-])c3ncccc23)CC1. The lowest BCUT2D eigenvalue weighted by molar-refractivity contribution is -0.383. The van der Waals surface area contributed by atoms with Gasteiger partial charge in [-0.3, -0.25) is 10.1 Å². The van der Waals surface area contributed by atoms with Crippen molar-refractivity contribution in [2.75, 3.05) is 11.9 Å². The maximum Gasteiger partial charge on any atom is 0.295 e. The van der Waals surface area contributed by atoms with E-state index in [9.17, 15) is 10.1 Å². The molecule has 0 atom stereocenters. The van der Waals surface area contributed by atoms with Crippen molar-refractivity contribution in [2.45, 2.75) is 32.6 Å². The lowest BCUT2D eigenvalue weighted by atomic mass is 10.0. The van der Waals surface area contributed by atoms with Crippen LogP contribution in [0.15, 0.2) is 30.5 Å². The lowest BCUT2D eigenvalue weighted by Gasteiger charge is -2.17. The van der Waals surface area contributed by atoms with E-state index in [0.29, 0.717) is 10.9 Å². The fourth-order valence-corrected chi connectivity index (χ4v) is 2.96. The molecule has 110 valence electrons. The monoisotopic (exact) mass is 285 g/mol. The Morgan fingerprint density at radius 2 is 2.19 bits per heavy atom. The minimum Gasteiger partial charge on any atom is -0.384 e. The second kappa shape index (κ2) is 5.31. The Balaban J connectivity index is 1.89. The molecule has 5 nitrogen and oxygen atoms in total. The molecule has 0 radical (unpaired) electrons. The number of benzene rings is 1. The molecule has 0 saturated heterocycles. The molecule has 0 amide bonds. The molecule has 1 fully saturated rings. The van der Waals surface area contributed by atoms with Crippen LogP contribution in [0.3, 0.4) is 0 Å². The molecule has 1 saturated carbocycles. The van der Waals surface area contributed by atoms with Gasteiger partial charge in [-0.1, -0.05) is 13.3 Å². The van der Waals surface area contributed by atoms with Gasteiger partial charge in [0.25, 0.3) is 5.69 Å². The summed E-state index contributed by atoms with van der Waals surface area (Å²) in [5.74, 6) is 0. The van der Waals surface area contributed by atoms with Crippen LogP contribution < -0.4 is 5.32 Å². The highest BCUT2D eigenvalue weighted by atomic mass is 16.6. The van der Waals surface area contributed by atoms with Gasteiger partial charge in [0.1, 0.15) is 5.52 Å². The number of nitro benzene ring substituents is 1. The summed E-state index contributed by atoms with van der Waals surface area (Å²) in [5.41, 5.74) is 1.88. The van der Waals surface area contributed by atoms with Crippen LogP contribution in [-0.2, 0) is 0 Å². The minimum absolute atomic E-state index is 0.0610. The average molecular weight is 285 g/mol. The normalized spacial score (nSPS) is 15.9. The molecule has 1 N–H and O–H groups in total. The molecule has 0 spiro atoms. The maximum atomic E-state index is 11.1. The number of anilines is 1. The van der Waals surface area contributed by atoms with E-state index in [1.54, 1.807) is 12.3 Å². The van der Waals surface area contributed by atoms with Crippen molar-refractivity contribution in [1.29, 1.82) is 0 Å². The summed E-state index contributed by atoms with van der Waals surface area (Å²) in [5, 5.41) is 15.4. The van der Waals surface area contributed by atoms with Gasteiger partial charge in [0.05, 0.1) is 4.92 Å². The predicted molar refractivity (Wildman–Crippen MR) is 83.5 cm³/mol. The standard InChI is InChI=1S/C16H19N3O2/c1-2-7-16(8-9-16)11-18-13-5-6-14(19(20)21)15-12(13)4-3-10-17-15/h3-6,10,18H,2,7-9,11H2,1H3. The van der Waals surface area contributed by atoms with Gasteiger partial charge in [-0.05, 0) is 42.9 Å². The first-order chi connectivity index (χ1) is 10.2.